The molecule has 2 N–H and O–H groups in total. The average Bonchev–Trinajstić information content (AvgIpc) is 3.18. The summed E-state index contributed by atoms with van der Waals surface area (Å²) < 4.78 is 24.8. The Morgan fingerprint density at radius 2 is 1.93 bits per heavy atom. The SMILES string of the molecule is CN=C(NCC(c1ccc(Cl)cc1)n1cccn1)NCC(C)(C)CCS(C)(=O)=O.I. The van der Waals surface area contributed by atoms with Crippen LogP contribution in [0, 0.1) is 5.41 Å². The number of nitrogens with one attached hydrogen (secondary N) is 2. The summed E-state index contributed by atoms with van der Waals surface area (Å²) in [7, 11) is -1.26. The van der Waals surface area contributed by atoms with Gasteiger partial charge in [-0.1, -0.05) is 37.6 Å². The quantitative estimate of drug-likeness (QED) is 0.276. The predicted molar refractivity (Wildman–Crippen MR) is 135 cm³/mol. The van der Waals surface area contributed by atoms with E-state index < -0.39 is 9.84 Å². The molecule has 0 bridgehead atoms. The van der Waals surface area contributed by atoms with E-state index in [1.807, 2.05) is 55.1 Å². The van der Waals surface area contributed by atoms with Crippen molar-refractivity contribution in [2.75, 3.05) is 32.1 Å². The third-order valence-electron chi connectivity index (χ3n) is 4.67. The molecule has 0 amide bonds. The van der Waals surface area contributed by atoms with Crippen molar-refractivity contribution in [3.63, 3.8) is 0 Å². The second kappa shape index (κ2) is 11.9. The summed E-state index contributed by atoms with van der Waals surface area (Å²) in [5, 5.41) is 11.7. The Labute approximate surface area is 201 Å². The van der Waals surface area contributed by atoms with Crippen LogP contribution in [0.1, 0.15) is 31.9 Å². The second-order valence-electron chi connectivity index (χ2n) is 7.90. The molecule has 7 nitrogen and oxygen atoms in total. The van der Waals surface area contributed by atoms with E-state index in [2.05, 4.69) is 20.7 Å². The lowest BCUT2D eigenvalue weighted by molar-refractivity contribution is 0.348. The molecule has 0 radical (unpaired) electrons. The van der Waals surface area contributed by atoms with Crippen molar-refractivity contribution in [3.05, 3.63) is 53.3 Å². The van der Waals surface area contributed by atoms with Gasteiger partial charge in [-0.05, 0) is 35.6 Å². The Morgan fingerprint density at radius 3 is 2.47 bits per heavy atom. The first-order valence-corrected chi connectivity index (χ1v) is 11.9. The largest absolute Gasteiger partial charge is 0.356 e. The van der Waals surface area contributed by atoms with E-state index in [1.54, 1.807) is 13.2 Å². The number of aromatic nitrogens is 2. The third kappa shape index (κ3) is 9.22. The molecule has 0 aliphatic carbocycles. The molecule has 30 heavy (non-hydrogen) atoms. The molecule has 1 aromatic carbocycles. The molecule has 168 valence electrons. The first kappa shape index (κ1) is 26.7. The molecule has 2 rings (SSSR count). The van der Waals surface area contributed by atoms with E-state index in [0.29, 0.717) is 30.5 Å². The fourth-order valence-corrected chi connectivity index (χ4v) is 3.85. The predicted octanol–water partition coefficient (Wildman–Crippen LogP) is 3.37. The Kier molecular flexibility index (Phi) is 10.6. The number of hydrogen-bond acceptors (Lipinski definition) is 4. The van der Waals surface area contributed by atoms with Crippen molar-refractivity contribution in [3.8, 4) is 0 Å². The van der Waals surface area contributed by atoms with Crippen LogP contribution >= 0.6 is 35.6 Å². The fraction of sp³-hybridized carbons (Fsp3) is 0.500. The number of aliphatic imine (C=N–C) groups is 1. The molecular weight excluding hydrogens is 537 g/mol. The Morgan fingerprint density at radius 1 is 1.27 bits per heavy atom. The van der Waals surface area contributed by atoms with Gasteiger partial charge in [-0.15, -0.1) is 24.0 Å². The zero-order valence-corrected chi connectivity index (χ0v) is 21.7. The highest BCUT2D eigenvalue weighted by Crippen LogP contribution is 2.21. The van der Waals surface area contributed by atoms with Gasteiger partial charge in [-0.25, -0.2) is 8.42 Å². The van der Waals surface area contributed by atoms with Gasteiger partial charge in [0.15, 0.2) is 5.96 Å². The molecule has 1 unspecified atom stereocenters. The topological polar surface area (TPSA) is 88.4 Å². The summed E-state index contributed by atoms with van der Waals surface area (Å²) in [5.41, 5.74) is 0.896. The number of nitrogens with zero attached hydrogens (tertiary/aromatic N) is 3. The van der Waals surface area contributed by atoms with Gasteiger partial charge in [-0.2, -0.15) is 5.10 Å². The van der Waals surface area contributed by atoms with Crippen LogP contribution < -0.4 is 10.6 Å². The van der Waals surface area contributed by atoms with Crippen molar-refractivity contribution in [2.24, 2.45) is 10.4 Å². The highest BCUT2D eigenvalue weighted by atomic mass is 127. The molecule has 0 aliphatic heterocycles. The minimum atomic E-state index is -2.97. The standard InChI is InChI=1S/C20H30ClN5O2S.HI/c1-20(2,10-13-29(4,27)28)15-24-19(22-3)23-14-18(26-12-5-11-25-26)16-6-8-17(21)9-7-16;/h5-9,11-12,18H,10,13-15H2,1-4H3,(H2,22,23,24);1H. The van der Waals surface area contributed by atoms with Gasteiger partial charge in [0.25, 0.3) is 0 Å². The Balaban J connectivity index is 0.00000450. The van der Waals surface area contributed by atoms with Crippen LogP contribution in [0.15, 0.2) is 47.7 Å². The molecule has 2 aromatic rings. The van der Waals surface area contributed by atoms with Gasteiger partial charge in [0.1, 0.15) is 9.84 Å². The van der Waals surface area contributed by atoms with Crippen LogP contribution in [-0.4, -0.2) is 56.3 Å². The molecule has 1 heterocycles. The first-order chi connectivity index (χ1) is 13.6. The molecule has 0 fully saturated rings. The molecule has 1 atom stereocenters. The summed E-state index contributed by atoms with van der Waals surface area (Å²) in [4.78, 5) is 4.29. The van der Waals surface area contributed by atoms with Crippen LogP contribution in [0.25, 0.3) is 0 Å². The Bertz CT molecular complexity index is 900. The number of hydrogen-bond donors (Lipinski definition) is 2. The number of sulfone groups is 1. The lowest BCUT2D eigenvalue weighted by Crippen LogP contribution is -2.44. The summed E-state index contributed by atoms with van der Waals surface area (Å²) in [6, 6.07) is 9.57. The molecule has 1 aromatic heterocycles. The van der Waals surface area contributed by atoms with E-state index in [9.17, 15) is 8.42 Å². The zero-order chi connectivity index (χ0) is 21.5. The van der Waals surface area contributed by atoms with Gasteiger partial charge in [-0.3, -0.25) is 9.67 Å². The van der Waals surface area contributed by atoms with Crippen molar-refractivity contribution in [2.45, 2.75) is 26.3 Å². The third-order valence-corrected chi connectivity index (χ3v) is 5.87. The van der Waals surface area contributed by atoms with E-state index in [-0.39, 0.29) is 41.2 Å². The van der Waals surface area contributed by atoms with E-state index >= 15 is 0 Å². The summed E-state index contributed by atoms with van der Waals surface area (Å²) in [6.45, 7) is 5.26. The number of halogens is 2. The molecule has 0 saturated carbocycles. The summed E-state index contributed by atoms with van der Waals surface area (Å²) >= 11 is 6.02. The molecule has 10 heteroatoms. The molecule has 0 saturated heterocycles. The van der Waals surface area contributed by atoms with Gasteiger partial charge in [0.2, 0.25) is 0 Å². The second-order valence-corrected chi connectivity index (χ2v) is 10.6. The number of rotatable bonds is 9. The van der Waals surface area contributed by atoms with Crippen molar-refractivity contribution in [1.82, 2.24) is 20.4 Å². The van der Waals surface area contributed by atoms with E-state index in [4.69, 9.17) is 11.6 Å². The summed E-state index contributed by atoms with van der Waals surface area (Å²) in [6.07, 6.45) is 5.52. The van der Waals surface area contributed by atoms with Gasteiger partial charge >= 0.3 is 0 Å². The number of benzene rings is 1. The molecular formula is C20H31ClIN5O2S. The first-order valence-electron chi connectivity index (χ1n) is 9.46. The van der Waals surface area contributed by atoms with Gasteiger partial charge in [0, 0.05) is 43.8 Å². The smallest absolute Gasteiger partial charge is 0.191 e. The van der Waals surface area contributed by atoms with Gasteiger partial charge < -0.3 is 10.6 Å². The maximum atomic E-state index is 11.4. The van der Waals surface area contributed by atoms with E-state index in [0.717, 1.165) is 5.56 Å². The van der Waals surface area contributed by atoms with Gasteiger partial charge in [0.05, 0.1) is 11.8 Å². The highest BCUT2D eigenvalue weighted by molar-refractivity contribution is 14.0. The minimum absolute atomic E-state index is 0. The summed E-state index contributed by atoms with van der Waals surface area (Å²) in [5.74, 6) is 0.828. The lowest BCUT2D eigenvalue weighted by atomic mass is 9.90. The van der Waals surface area contributed by atoms with Crippen LogP contribution in [0.3, 0.4) is 0 Å². The fourth-order valence-electron chi connectivity index (χ4n) is 2.80. The maximum Gasteiger partial charge on any atom is 0.191 e. The highest BCUT2D eigenvalue weighted by Gasteiger charge is 2.21. The van der Waals surface area contributed by atoms with Crippen molar-refractivity contribution < 1.29 is 8.42 Å². The molecule has 0 aliphatic rings. The van der Waals surface area contributed by atoms with Crippen molar-refractivity contribution in [1.29, 1.82) is 0 Å². The Hall–Kier alpha value is -1.33. The van der Waals surface area contributed by atoms with Crippen LogP contribution in [-0.2, 0) is 9.84 Å². The lowest BCUT2D eigenvalue weighted by Gasteiger charge is -2.26. The van der Waals surface area contributed by atoms with Crippen LogP contribution in [0.2, 0.25) is 5.02 Å². The van der Waals surface area contributed by atoms with Crippen molar-refractivity contribution >= 4 is 51.4 Å². The average molecular weight is 568 g/mol. The molecule has 0 spiro atoms. The van der Waals surface area contributed by atoms with Crippen LogP contribution in [0.5, 0.6) is 0 Å². The zero-order valence-electron chi connectivity index (χ0n) is 17.8. The number of guanidine groups is 1. The normalized spacial score (nSPS) is 13.4. The maximum absolute atomic E-state index is 11.4. The minimum Gasteiger partial charge on any atom is -0.356 e. The van der Waals surface area contributed by atoms with Crippen LogP contribution in [0.4, 0.5) is 0 Å². The monoisotopic (exact) mass is 567 g/mol. The van der Waals surface area contributed by atoms with E-state index in [1.165, 1.54) is 6.26 Å².